The monoisotopic (exact) mass is 273 g/mol. The second-order valence-electron chi connectivity index (χ2n) is 4.72. The van der Waals surface area contributed by atoms with Gasteiger partial charge in [-0.05, 0) is 30.7 Å². The summed E-state index contributed by atoms with van der Waals surface area (Å²) in [6.45, 7) is 4.59. The highest BCUT2D eigenvalue weighted by Gasteiger charge is 2.03. The summed E-state index contributed by atoms with van der Waals surface area (Å²) < 4.78 is 2.00. The molecule has 1 aromatic carbocycles. The van der Waals surface area contributed by atoms with Crippen LogP contribution in [0.15, 0.2) is 36.8 Å². The van der Waals surface area contributed by atoms with Crippen LogP contribution in [0.25, 0.3) is 0 Å². The molecule has 106 valence electrons. The van der Waals surface area contributed by atoms with Crippen LogP contribution in [0, 0.1) is 0 Å². The van der Waals surface area contributed by atoms with Crippen molar-refractivity contribution in [1.29, 1.82) is 0 Å². The minimum Gasteiger partial charge on any atom is -0.478 e. The normalized spacial score (nSPS) is 10.7. The van der Waals surface area contributed by atoms with Crippen molar-refractivity contribution in [3.05, 3.63) is 53.6 Å². The third kappa shape index (κ3) is 3.93. The topological polar surface area (TPSA) is 67.2 Å². The van der Waals surface area contributed by atoms with Crippen molar-refractivity contribution in [1.82, 2.24) is 14.9 Å². The summed E-state index contributed by atoms with van der Waals surface area (Å²) in [5.41, 5.74) is 2.38. The third-order valence-corrected chi connectivity index (χ3v) is 2.99. The fraction of sp³-hybridized carbons (Fsp3) is 0.333. The van der Waals surface area contributed by atoms with E-state index in [1.807, 2.05) is 22.9 Å². The zero-order chi connectivity index (χ0) is 14.4. The number of hydrogen-bond acceptors (Lipinski definition) is 3. The van der Waals surface area contributed by atoms with E-state index in [1.54, 1.807) is 18.5 Å². The maximum atomic E-state index is 10.8. The Hall–Kier alpha value is -2.14. The first-order chi connectivity index (χ1) is 9.69. The first-order valence-corrected chi connectivity index (χ1v) is 6.72. The number of nitrogens with one attached hydrogen (secondary N) is 1. The van der Waals surface area contributed by atoms with E-state index in [0.29, 0.717) is 12.1 Å². The van der Waals surface area contributed by atoms with Gasteiger partial charge in [-0.15, -0.1) is 0 Å². The molecule has 0 atom stereocenters. The van der Waals surface area contributed by atoms with E-state index in [0.717, 1.165) is 30.8 Å². The molecule has 0 aliphatic carbocycles. The lowest BCUT2D eigenvalue weighted by Crippen LogP contribution is -2.13. The predicted molar refractivity (Wildman–Crippen MR) is 76.7 cm³/mol. The zero-order valence-corrected chi connectivity index (χ0v) is 11.5. The lowest BCUT2D eigenvalue weighted by atomic mass is 10.1. The number of hydrogen-bond donors (Lipinski definition) is 2. The van der Waals surface area contributed by atoms with Crippen LogP contribution < -0.4 is 5.32 Å². The Labute approximate surface area is 118 Å². The number of carboxylic acid groups (broad SMARTS) is 1. The highest BCUT2D eigenvalue weighted by atomic mass is 16.4. The number of aromatic carboxylic acids is 1. The molecule has 2 N–H and O–H groups in total. The Morgan fingerprint density at radius 1 is 1.35 bits per heavy atom. The molecule has 0 fully saturated rings. The predicted octanol–water partition coefficient (Wildman–Crippen LogP) is 2.13. The third-order valence-electron chi connectivity index (χ3n) is 2.99. The van der Waals surface area contributed by atoms with Gasteiger partial charge >= 0.3 is 5.97 Å². The SMILES string of the molecule is CCCNCc1cn(Cc2ccc(C(=O)O)cc2)cn1. The minimum atomic E-state index is -0.900. The molecule has 0 saturated carbocycles. The smallest absolute Gasteiger partial charge is 0.335 e. The first-order valence-electron chi connectivity index (χ1n) is 6.72. The van der Waals surface area contributed by atoms with Gasteiger partial charge in [0.2, 0.25) is 0 Å². The van der Waals surface area contributed by atoms with Gasteiger partial charge in [-0.1, -0.05) is 19.1 Å². The van der Waals surface area contributed by atoms with Crippen LogP contribution in [0.5, 0.6) is 0 Å². The molecule has 0 amide bonds. The molecule has 0 saturated heterocycles. The second-order valence-corrected chi connectivity index (χ2v) is 4.72. The standard InChI is InChI=1S/C15H19N3O2/c1-2-7-16-8-14-10-18(11-17-14)9-12-3-5-13(6-4-12)15(19)20/h3-6,10-11,16H,2,7-9H2,1H3,(H,19,20). The summed E-state index contributed by atoms with van der Waals surface area (Å²) in [4.78, 5) is 15.1. The lowest BCUT2D eigenvalue weighted by molar-refractivity contribution is 0.0697. The Kier molecular flexibility index (Phi) is 4.90. The highest BCUT2D eigenvalue weighted by molar-refractivity contribution is 5.87. The number of carboxylic acids is 1. The number of aromatic nitrogens is 2. The molecule has 0 spiro atoms. The molecular formula is C15H19N3O2. The van der Waals surface area contributed by atoms with E-state index in [-0.39, 0.29) is 0 Å². The molecular weight excluding hydrogens is 254 g/mol. The van der Waals surface area contributed by atoms with Gasteiger partial charge in [0.25, 0.3) is 0 Å². The fourth-order valence-corrected chi connectivity index (χ4v) is 1.94. The molecule has 1 heterocycles. The van der Waals surface area contributed by atoms with Crippen LogP contribution in [-0.2, 0) is 13.1 Å². The van der Waals surface area contributed by atoms with E-state index < -0.39 is 5.97 Å². The van der Waals surface area contributed by atoms with Crippen molar-refractivity contribution in [3.8, 4) is 0 Å². The number of benzene rings is 1. The summed E-state index contributed by atoms with van der Waals surface area (Å²) in [5.74, 6) is -0.900. The second kappa shape index (κ2) is 6.86. The summed E-state index contributed by atoms with van der Waals surface area (Å²) >= 11 is 0. The van der Waals surface area contributed by atoms with Crippen LogP contribution in [0.1, 0.15) is 35.0 Å². The maximum Gasteiger partial charge on any atom is 0.335 e. The number of nitrogens with zero attached hydrogens (tertiary/aromatic N) is 2. The summed E-state index contributed by atoms with van der Waals surface area (Å²) in [6, 6.07) is 6.91. The van der Waals surface area contributed by atoms with Crippen molar-refractivity contribution in [3.63, 3.8) is 0 Å². The molecule has 0 unspecified atom stereocenters. The fourth-order valence-electron chi connectivity index (χ4n) is 1.94. The number of rotatable bonds is 7. The molecule has 0 bridgehead atoms. The maximum absolute atomic E-state index is 10.8. The lowest BCUT2D eigenvalue weighted by Gasteiger charge is -2.03. The van der Waals surface area contributed by atoms with E-state index in [9.17, 15) is 4.79 Å². The minimum absolute atomic E-state index is 0.309. The van der Waals surface area contributed by atoms with Gasteiger partial charge in [-0.2, -0.15) is 0 Å². The summed E-state index contributed by atoms with van der Waals surface area (Å²) in [7, 11) is 0. The van der Waals surface area contributed by atoms with Gasteiger partial charge in [0, 0.05) is 19.3 Å². The van der Waals surface area contributed by atoms with Crippen LogP contribution >= 0.6 is 0 Å². The first kappa shape index (κ1) is 14.3. The average Bonchev–Trinajstić information content (AvgIpc) is 2.87. The molecule has 2 aromatic rings. The average molecular weight is 273 g/mol. The molecule has 5 heteroatoms. The molecule has 0 radical (unpaired) electrons. The van der Waals surface area contributed by atoms with Crippen LogP contribution in [-0.4, -0.2) is 27.2 Å². The molecule has 20 heavy (non-hydrogen) atoms. The van der Waals surface area contributed by atoms with Gasteiger partial charge in [0.15, 0.2) is 0 Å². The van der Waals surface area contributed by atoms with Crippen LogP contribution in [0.4, 0.5) is 0 Å². The highest BCUT2D eigenvalue weighted by Crippen LogP contribution is 2.07. The number of imidazole rings is 1. The molecule has 0 aliphatic heterocycles. The van der Waals surface area contributed by atoms with Crippen molar-refractivity contribution in [2.24, 2.45) is 0 Å². The molecule has 0 aliphatic rings. The Bertz CT molecular complexity index is 561. The van der Waals surface area contributed by atoms with Crippen molar-refractivity contribution >= 4 is 5.97 Å². The summed E-state index contributed by atoms with van der Waals surface area (Å²) in [6.07, 6.45) is 4.92. The van der Waals surface area contributed by atoms with E-state index >= 15 is 0 Å². The van der Waals surface area contributed by atoms with E-state index in [1.165, 1.54) is 0 Å². The largest absolute Gasteiger partial charge is 0.478 e. The molecule has 1 aromatic heterocycles. The Balaban J connectivity index is 1.94. The van der Waals surface area contributed by atoms with Gasteiger partial charge in [-0.3, -0.25) is 0 Å². The van der Waals surface area contributed by atoms with E-state index in [4.69, 9.17) is 5.11 Å². The number of carbonyl (C=O) groups is 1. The van der Waals surface area contributed by atoms with Gasteiger partial charge in [0.1, 0.15) is 0 Å². The van der Waals surface area contributed by atoms with Gasteiger partial charge in [-0.25, -0.2) is 9.78 Å². The summed E-state index contributed by atoms with van der Waals surface area (Å²) in [5, 5.41) is 12.2. The van der Waals surface area contributed by atoms with Crippen LogP contribution in [0.3, 0.4) is 0 Å². The Morgan fingerprint density at radius 3 is 2.75 bits per heavy atom. The van der Waals surface area contributed by atoms with Crippen molar-refractivity contribution < 1.29 is 9.90 Å². The zero-order valence-electron chi connectivity index (χ0n) is 11.5. The molecule has 2 rings (SSSR count). The van der Waals surface area contributed by atoms with Crippen LogP contribution in [0.2, 0.25) is 0 Å². The van der Waals surface area contributed by atoms with E-state index in [2.05, 4.69) is 17.2 Å². The molecule has 5 nitrogen and oxygen atoms in total. The quantitative estimate of drug-likeness (QED) is 0.758. The van der Waals surface area contributed by atoms with Gasteiger partial charge < -0.3 is 15.0 Å². The van der Waals surface area contributed by atoms with Crippen molar-refractivity contribution in [2.45, 2.75) is 26.4 Å². The van der Waals surface area contributed by atoms with Gasteiger partial charge in [0.05, 0.1) is 17.6 Å². The Morgan fingerprint density at radius 2 is 2.10 bits per heavy atom. The van der Waals surface area contributed by atoms with Crippen molar-refractivity contribution in [2.75, 3.05) is 6.54 Å².